The summed E-state index contributed by atoms with van der Waals surface area (Å²) in [6.45, 7) is 3.45. The number of hydrogen-bond acceptors (Lipinski definition) is 3. The van der Waals surface area contributed by atoms with Crippen LogP contribution in [0.2, 0.25) is 0 Å². The van der Waals surface area contributed by atoms with E-state index in [2.05, 4.69) is 33.8 Å². The molecule has 23 heavy (non-hydrogen) atoms. The Balaban J connectivity index is 0.00000264. The summed E-state index contributed by atoms with van der Waals surface area (Å²) in [5.74, 6) is 2.57. The van der Waals surface area contributed by atoms with Crippen molar-refractivity contribution in [3.8, 4) is 5.75 Å². The molecule has 0 bridgehead atoms. The molecule has 6 heteroatoms. The van der Waals surface area contributed by atoms with Crippen molar-refractivity contribution in [2.75, 3.05) is 20.7 Å². The zero-order valence-corrected chi connectivity index (χ0v) is 16.1. The summed E-state index contributed by atoms with van der Waals surface area (Å²) < 4.78 is 10.6. The van der Waals surface area contributed by atoms with E-state index >= 15 is 0 Å². The summed E-state index contributed by atoms with van der Waals surface area (Å²) in [7, 11) is 3.46. The Bertz CT molecular complexity index is 612. The van der Waals surface area contributed by atoms with Gasteiger partial charge in [0.05, 0.1) is 19.9 Å². The molecule has 5 nitrogen and oxygen atoms in total. The summed E-state index contributed by atoms with van der Waals surface area (Å²) in [6.07, 6.45) is 2.57. The molecule has 0 fully saturated rings. The molecule has 0 amide bonds. The van der Waals surface area contributed by atoms with Crippen LogP contribution in [-0.2, 0) is 13.0 Å². The SMILES string of the molecule is CN=C(NCCc1ccc(C)c(OC)c1)NCc1ccco1.I. The van der Waals surface area contributed by atoms with E-state index < -0.39 is 0 Å². The highest BCUT2D eigenvalue weighted by atomic mass is 127. The van der Waals surface area contributed by atoms with Crippen LogP contribution >= 0.6 is 24.0 Å². The topological polar surface area (TPSA) is 58.8 Å². The van der Waals surface area contributed by atoms with Gasteiger partial charge >= 0.3 is 0 Å². The number of aliphatic imine (C=N–C) groups is 1. The van der Waals surface area contributed by atoms with Gasteiger partial charge in [-0.1, -0.05) is 12.1 Å². The lowest BCUT2D eigenvalue weighted by Gasteiger charge is -2.12. The lowest BCUT2D eigenvalue weighted by atomic mass is 10.1. The van der Waals surface area contributed by atoms with E-state index in [1.807, 2.05) is 19.1 Å². The number of ether oxygens (including phenoxy) is 1. The minimum Gasteiger partial charge on any atom is -0.496 e. The summed E-state index contributed by atoms with van der Waals surface area (Å²) in [6, 6.07) is 10.1. The maximum atomic E-state index is 5.35. The third-order valence-corrected chi connectivity index (χ3v) is 3.41. The number of guanidine groups is 1. The van der Waals surface area contributed by atoms with Crippen LogP contribution < -0.4 is 15.4 Å². The molecule has 0 radical (unpaired) electrons. The molecule has 0 atom stereocenters. The van der Waals surface area contributed by atoms with Gasteiger partial charge in [0.1, 0.15) is 11.5 Å². The Morgan fingerprint density at radius 2 is 2.09 bits per heavy atom. The van der Waals surface area contributed by atoms with Crippen LogP contribution in [-0.4, -0.2) is 26.7 Å². The number of halogens is 1. The number of rotatable bonds is 6. The Morgan fingerprint density at radius 1 is 1.26 bits per heavy atom. The van der Waals surface area contributed by atoms with Crippen LogP contribution in [0.25, 0.3) is 0 Å². The first-order chi connectivity index (χ1) is 10.7. The van der Waals surface area contributed by atoms with Gasteiger partial charge in [-0.2, -0.15) is 0 Å². The van der Waals surface area contributed by atoms with Crippen molar-refractivity contribution in [2.24, 2.45) is 4.99 Å². The molecular formula is C17H24IN3O2. The number of aryl methyl sites for hydroxylation is 1. The van der Waals surface area contributed by atoms with E-state index in [-0.39, 0.29) is 24.0 Å². The predicted octanol–water partition coefficient (Wildman–Crippen LogP) is 3.12. The molecule has 1 heterocycles. The molecule has 126 valence electrons. The quantitative estimate of drug-likeness (QED) is 0.421. The molecule has 0 aliphatic rings. The molecule has 0 saturated carbocycles. The van der Waals surface area contributed by atoms with Gasteiger partial charge in [-0.05, 0) is 42.7 Å². The fraction of sp³-hybridized carbons (Fsp3) is 0.353. The van der Waals surface area contributed by atoms with E-state index in [1.54, 1.807) is 20.4 Å². The number of nitrogens with one attached hydrogen (secondary N) is 2. The third-order valence-electron chi connectivity index (χ3n) is 3.41. The van der Waals surface area contributed by atoms with E-state index in [0.717, 1.165) is 36.0 Å². The largest absolute Gasteiger partial charge is 0.496 e. The van der Waals surface area contributed by atoms with Crippen molar-refractivity contribution in [1.82, 2.24) is 10.6 Å². The van der Waals surface area contributed by atoms with Crippen LogP contribution in [0.5, 0.6) is 5.75 Å². The molecule has 0 unspecified atom stereocenters. The highest BCUT2D eigenvalue weighted by Gasteiger charge is 2.02. The van der Waals surface area contributed by atoms with Crippen LogP contribution in [0.4, 0.5) is 0 Å². The average Bonchev–Trinajstić information content (AvgIpc) is 3.05. The smallest absolute Gasteiger partial charge is 0.191 e. The van der Waals surface area contributed by atoms with Crippen LogP contribution in [0, 0.1) is 6.92 Å². The number of benzene rings is 1. The van der Waals surface area contributed by atoms with Gasteiger partial charge in [0.15, 0.2) is 5.96 Å². The molecule has 2 rings (SSSR count). The Labute approximate surface area is 154 Å². The van der Waals surface area contributed by atoms with Gasteiger partial charge in [0.25, 0.3) is 0 Å². The molecule has 1 aromatic heterocycles. The minimum atomic E-state index is 0. The fourth-order valence-corrected chi connectivity index (χ4v) is 2.15. The molecule has 2 N–H and O–H groups in total. The Morgan fingerprint density at radius 3 is 2.74 bits per heavy atom. The normalized spacial score (nSPS) is 10.8. The van der Waals surface area contributed by atoms with Gasteiger partial charge in [0, 0.05) is 13.6 Å². The van der Waals surface area contributed by atoms with Gasteiger partial charge < -0.3 is 19.8 Å². The predicted molar refractivity (Wildman–Crippen MR) is 104 cm³/mol. The minimum absolute atomic E-state index is 0. The van der Waals surface area contributed by atoms with Crippen molar-refractivity contribution in [3.63, 3.8) is 0 Å². The second-order valence-corrected chi connectivity index (χ2v) is 4.99. The van der Waals surface area contributed by atoms with Crippen molar-refractivity contribution < 1.29 is 9.15 Å². The summed E-state index contributed by atoms with van der Waals surface area (Å²) in [5.41, 5.74) is 2.38. The average molecular weight is 429 g/mol. The van der Waals surface area contributed by atoms with E-state index in [9.17, 15) is 0 Å². The molecule has 2 aromatic rings. The lowest BCUT2D eigenvalue weighted by molar-refractivity contribution is 0.411. The fourth-order valence-electron chi connectivity index (χ4n) is 2.15. The van der Waals surface area contributed by atoms with Crippen molar-refractivity contribution in [1.29, 1.82) is 0 Å². The highest BCUT2D eigenvalue weighted by Crippen LogP contribution is 2.18. The van der Waals surface area contributed by atoms with E-state index in [0.29, 0.717) is 6.54 Å². The first kappa shape index (κ1) is 19.3. The molecule has 0 aliphatic carbocycles. The molecule has 0 aliphatic heterocycles. The first-order valence-corrected chi connectivity index (χ1v) is 7.33. The number of furan rings is 1. The third kappa shape index (κ3) is 6.13. The van der Waals surface area contributed by atoms with E-state index in [4.69, 9.17) is 9.15 Å². The summed E-state index contributed by atoms with van der Waals surface area (Å²) in [4.78, 5) is 4.19. The second kappa shape index (κ2) is 10.1. The molecular weight excluding hydrogens is 405 g/mol. The van der Waals surface area contributed by atoms with Crippen molar-refractivity contribution in [3.05, 3.63) is 53.5 Å². The van der Waals surface area contributed by atoms with Crippen molar-refractivity contribution >= 4 is 29.9 Å². The van der Waals surface area contributed by atoms with Crippen LogP contribution in [0.3, 0.4) is 0 Å². The lowest BCUT2D eigenvalue weighted by Crippen LogP contribution is -2.37. The highest BCUT2D eigenvalue weighted by molar-refractivity contribution is 14.0. The second-order valence-electron chi connectivity index (χ2n) is 4.99. The zero-order valence-electron chi connectivity index (χ0n) is 13.8. The maximum absolute atomic E-state index is 5.35. The van der Waals surface area contributed by atoms with Gasteiger partial charge in [-0.15, -0.1) is 24.0 Å². The number of methoxy groups -OCH3 is 1. The van der Waals surface area contributed by atoms with Crippen molar-refractivity contribution in [2.45, 2.75) is 19.9 Å². The Hall–Kier alpha value is -1.70. The van der Waals surface area contributed by atoms with E-state index in [1.165, 1.54) is 5.56 Å². The Kier molecular flexibility index (Phi) is 8.53. The summed E-state index contributed by atoms with van der Waals surface area (Å²) >= 11 is 0. The maximum Gasteiger partial charge on any atom is 0.191 e. The zero-order chi connectivity index (χ0) is 15.8. The molecule has 1 aromatic carbocycles. The first-order valence-electron chi connectivity index (χ1n) is 7.33. The number of nitrogens with zero attached hydrogens (tertiary/aromatic N) is 1. The van der Waals surface area contributed by atoms with Crippen LogP contribution in [0.1, 0.15) is 16.9 Å². The summed E-state index contributed by atoms with van der Waals surface area (Å²) in [5, 5.41) is 6.50. The molecule has 0 saturated heterocycles. The monoisotopic (exact) mass is 429 g/mol. The van der Waals surface area contributed by atoms with Gasteiger partial charge in [0.2, 0.25) is 0 Å². The standard InChI is InChI=1S/C17H23N3O2.HI/c1-13-6-7-14(11-16(13)21-3)8-9-19-17(18-2)20-12-15-5-4-10-22-15;/h4-7,10-11H,8-9,12H2,1-3H3,(H2,18,19,20);1H. The van der Waals surface area contributed by atoms with Gasteiger partial charge in [-0.25, -0.2) is 0 Å². The van der Waals surface area contributed by atoms with Gasteiger partial charge in [-0.3, -0.25) is 4.99 Å². The van der Waals surface area contributed by atoms with Crippen LogP contribution in [0.15, 0.2) is 46.0 Å². The number of hydrogen-bond donors (Lipinski definition) is 2. The molecule has 0 spiro atoms.